The van der Waals surface area contributed by atoms with Gasteiger partial charge in [0.25, 0.3) is 0 Å². The van der Waals surface area contributed by atoms with E-state index in [1.165, 1.54) is 29.2 Å². The molecule has 0 saturated heterocycles. The zero-order valence-corrected chi connectivity index (χ0v) is 19.1. The third-order valence-corrected chi connectivity index (χ3v) is 6.26. The van der Waals surface area contributed by atoms with Crippen molar-refractivity contribution in [1.82, 2.24) is 20.8 Å². The summed E-state index contributed by atoms with van der Waals surface area (Å²) in [5, 5.41) is 16.9. The molecule has 0 aliphatic heterocycles. The quantitative estimate of drug-likeness (QED) is 0.374. The molecule has 6 heteroatoms. The molecule has 2 N–H and O–H groups in total. The van der Waals surface area contributed by atoms with Gasteiger partial charge in [-0.05, 0) is 35.2 Å². The Morgan fingerprint density at radius 3 is 2.38 bits per heavy atom. The van der Waals surface area contributed by atoms with E-state index >= 15 is 0 Å². The van der Waals surface area contributed by atoms with Gasteiger partial charge in [0.15, 0.2) is 0 Å². The summed E-state index contributed by atoms with van der Waals surface area (Å²) in [5.41, 5.74) is 6.98. The molecule has 162 valence electrons. The Morgan fingerprint density at radius 1 is 0.844 bits per heavy atom. The van der Waals surface area contributed by atoms with E-state index in [1.54, 1.807) is 11.3 Å². The molecule has 0 radical (unpaired) electrons. The van der Waals surface area contributed by atoms with Crippen LogP contribution >= 0.6 is 11.3 Å². The smallest absolute Gasteiger partial charge is 0.216 e. The van der Waals surface area contributed by atoms with Crippen molar-refractivity contribution in [2.75, 3.05) is 13.1 Å². The molecule has 4 aromatic rings. The van der Waals surface area contributed by atoms with E-state index in [1.807, 2.05) is 12.1 Å². The number of hydrogen-bond donors (Lipinski definition) is 2. The molecule has 0 saturated carbocycles. The fourth-order valence-electron chi connectivity index (χ4n) is 3.62. The Labute approximate surface area is 192 Å². The number of amides is 1. The summed E-state index contributed by atoms with van der Waals surface area (Å²) < 4.78 is 0. The van der Waals surface area contributed by atoms with E-state index in [9.17, 15) is 4.79 Å². The van der Waals surface area contributed by atoms with Crippen LogP contribution in [-0.4, -0.2) is 29.2 Å². The van der Waals surface area contributed by atoms with Gasteiger partial charge in [0.05, 0.1) is 0 Å². The molecule has 0 bridgehead atoms. The molecule has 3 aromatic carbocycles. The lowest BCUT2D eigenvalue weighted by Crippen LogP contribution is -2.29. The third-order valence-electron chi connectivity index (χ3n) is 5.25. The summed E-state index contributed by atoms with van der Waals surface area (Å²) in [6, 6.07) is 25.1. The van der Waals surface area contributed by atoms with Crippen LogP contribution in [0.5, 0.6) is 0 Å². The van der Waals surface area contributed by atoms with Crippen LogP contribution in [0.4, 0.5) is 0 Å². The Bertz CT molecular complexity index is 1200. The molecule has 0 unspecified atom stereocenters. The van der Waals surface area contributed by atoms with Crippen LogP contribution in [0.25, 0.3) is 32.3 Å². The van der Waals surface area contributed by atoms with Crippen LogP contribution in [0.15, 0.2) is 72.8 Å². The van der Waals surface area contributed by atoms with Gasteiger partial charge in [-0.15, -0.1) is 10.2 Å². The molecular weight excluding hydrogens is 416 g/mol. The van der Waals surface area contributed by atoms with Gasteiger partial charge >= 0.3 is 0 Å². The normalized spacial score (nSPS) is 10.8. The van der Waals surface area contributed by atoms with Crippen molar-refractivity contribution in [3.63, 3.8) is 0 Å². The van der Waals surface area contributed by atoms with Crippen molar-refractivity contribution in [2.24, 2.45) is 0 Å². The molecule has 1 heterocycles. The third kappa shape index (κ3) is 5.28. The van der Waals surface area contributed by atoms with Crippen molar-refractivity contribution >= 4 is 17.2 Å². The van der Waals surface area contributed by atoms with Crippen molar-refractivity contribution < 1.29 is 4.79 Å². The van der Waals surface area contributed by atoms with E-state index in [4.69, 9.17) is 0 Å². The summed E-state index contributed by atoms with van der Waals surface area (Å²) in [6.45, 7) is 5.75. The number of carbonyl (C=O) groups excluding carboxylic acids is 1. The van der Waals surface area contributed by atoms with Crippen LogP contribution in [0.3, 0.4) is 0 Å². The van der Waals surface area contributed by atoms with Crippen LogP contribution < -0.4 is 10.6 Å². The molecule has 5 nitrogen and oxygen atoms in total. The number of aromatic nitrogens is 2. The van der Waals surface area contributed by atoms with E-state index in [2.05, 4.69) is 88.4 Å². The fourth-order valence-corrected chi connectivity index (χ4v) is 4.54. The second-order valence-corrected chi connectivity index (χ2v) is 8.59. The molecular formula is C26H26N4OS. The Balaban J connectivity index is 1.51. The van der Waals surface area contributed by atoms with Gasteiger partial charge in [-0.1, -0.05) is 78.1 Å². The predicted molar refractivity (Wildman–Crippen MR) is 131 cm³/mol. The molecule has 1 aromatic heterocycles. The first-order valence-electron chi connectivity index (χ1n) is 10.6. The standard InChI is InChI=1S/C26H26N4OS/c1-18-23(21-9-4-3-5-10-21)12-7-13-24(18)26-30-29-25(32-26)22-11-6-8-20(16-22)17-27-14-15-28-19(2)31/h3-13,16,27H,14-15,17H2,1-2H3,(H,28,31). The van der Waals surface area contributed by atoms with Crippen LogP contribution in [0.2, 0.25) is 0 Å². The topological polar surface area (TPSA) is 66.9 Å². The van der Waals surface area contributed by atoms with E-state index in [0.29, 0.717) is 6.54 Å². The summed E-state index contributed by atoms with van der Waals surface area (Å²) in [7, 11) is 0. The van der Waals surface area contributed by atoms with E-state index in [-0.39, 0.29) is 5.91 Å². The molecule has 0 aliphatic rings. The average Bonchev–Trinajstić information content (AvgIpc) is 3.30. The van der Waals surface area contributed by atoms with Crippen LogP contribution in [0, 0.1) is 6.92 Å². The van der Waals surface area contributed by atoms with Gasteiger partial charge in [0.2, 0.25) is 5.91 Å². The number of nitrogens with zero attached hydrogens (tertiary/aromatic N) is 2. The number of rotatable bonds is 8. The van der Waals surface area contributed by atoms with Crippen molar-refractivity contribution in [3.05, 3.63) is 83.9 Å². The molecule has 4 rings (SSSR count). The highest BCUT2D eigenvalue weighted by Crippen LogP contribution is 2.35. The zero-order valence-electron chi connectivity index (χ0n) is 18.3. The number of hydrogen-bond acceptors (Lipinski definition) is 5. The Hall–Kier alpha value is -3.35. The summed E-state index contributed by atoms with van der Waals surface area (Å²) in [5.74, 6) is -0.00888. The van der Waals surface area contributed by atoms with Gasteiger partial charge < -0.3 is 10.6 Å². The van der Waals surface area contributed by atoms with E-state index < -0.39 is 0 Å². The first kappa shape index (κ1) is 21.9. The first-order valence-corrected chi connectivity index (χ1v) is 11.5. The first-order chi connectivity index (χ1) is 15.6. The van der Waals surface area contributed by atoms with Crippen molar-refractivity contribution in [1.29, 1.82) is 0 Å². The Morgan fingerprint density at radius 2 is 1.56 bits per heavy atom. The second-order valence-electron chi connectivity index (χ2n) is 7.62. The van der Waals surface area contributed by atoms with Gasteiger partial charge in [-0.25, -0.2) is 0 Å². The second kappa shape index (κ2) is 10.3. The van der Waals surface area contributed by atoms with E-state index in [0.717, 1.165) is 34.2 Å². The monoisotopic (exact) mass is 442 g/mol. The Kier molecular flexibility index (Phi) is 7.04. The lowest BCUT2D eigenvalue weighted by molar-refractivity contribution is -0.118. The van der Waals surface area contributed by atoms with Gasteiger partial charge in [0, 0.05) is 37.7 Å². The maximum Gasteiger partial charge on any atom is 0.216 e. The van der Waals surface area contributed by atoms with Gasteiger partial charge in [0.1, 0.15) is 10.0 Å². The minimum atomic E-state index is -0.00888. The molecule has 0 fully saturated rings. The molecule has 1 amide bonds. The highest BCUT2D eigenvalue weighted by Gasteiger charge is 2.13. The lowest BCUT2D eigenvalue weighted by atomic mass is 9.97. The lowest BCUT2D eigenvalue weighted by Gasteiger charge is -2.09. The van der Waals surface area contributed by atoms with Crippen molar-refractivity contribution in [2.45, 2.75) is 20.4 Å². The summed E-state index contributed by atoms with van der Waals surface area (Å²) >= 11 is 1.61. The van der Waals surface area contributed by atoms with Gasteiger partial charge in [-0.2, -0.15) is 0 Å². The highest BCUT2D eigenvalue weighted by molar-refractivity contribution is 7.17. The summed E-state index contributed by atoms with van der Waals surface area (Å²) in [4.78, 5) is 10.9. The fraction of sp³-hybridized carbons (Fsp3) is 0.192. The zero-order chi connectivity index (χ0) is 22.3. The van der Waals surface area contributed by atoms with Crippen LogP contribution in [0.1, 0.15) is 18.1 Å². The van der Waals surface area contributed by atoms with Crippen molar-refractivity contribution in [3.8, 4) is 32.3 Å². The summed E-state index contributed by atoms with van der Waals surface area (Å²) in [6.07, 6.45) is 0. The number of carbonyl (C=O) groups is 1. The average molecular weight is 443 g/mol. The predicted octanol–water partition coefficient (Wildman–Crippen LogP) is 5.07. The molecule has 0 atom stereocenters. The highest BCUT2D eigenvalue weighted by atomic mass is 32.1. The molecule has 0 spiro atoms. The largest absolute Gasteiger partial charge is 0.355 e. The number of benzene rings is 3. The van der Waals surface area contributed by atoms with Crippen LogP contribution in [-0.2, 0) is 11.3 Å². The minimum Gasteiger partial charge on any atom is -0.355 e. The molecule has 0 aliphatic carbocycles. The maximum atomic E-state index is 10.9. The SMILES string of the molecule is CC(=O)NCCNCc1cccc(-c2nnc(-c3cccc(-c4ccccc4)c3C)s2)c1. The maximum absolute atomic E-state index is 10.9. The minimum absolute atomic E-state index is 0.00888. The number of nitrogens with one attached hydrogen (secondary N) is 2. The van der Waals surface area contributed by atoms with Gasteiger partial charge in [-0.3, -0.25) is 4.79 Å². The molecule has 32 heavy (non-hydrogen) atoms.